The molecule has 1 amide bonds. The Labute approximate surface area is 146 Å². The Morgan fingerprint density at radius 1 is 1.20 bits per heavy atom. The van der Waals surface area contributed by atoms with Gasteiger partial charge in [-0.2, -0.15) is 5.10 Å². The van der Waals surface area contributed by atoms with Crippen molar-refractivity contribution in [2.24, 2.45) is 7.05 Å². The number of rotatable bonds is 5. The Hall–Kier alpha value is -2.89. The van der Waals surface area contributed by atoms with Crippen LogP contribution in [-0.4, -0.2) is 26.0 Å². The van der Waals surface area contributed by atoms with E-state index in [1.54, 1.807) is 13.1 Å². The van der Waals surface area contributed by atoms with Crippen LogP contribution in [0.3, 0.4) is 0 Å². The molecule has 0 spiro atoms. The van der Waals surface area contributed by atoms with Crippen LogP contribution in [0.4, 0.5) is 0 Å². The van der Waals surface area contributed by atoms with E-state index in [0.29, 0.717) is 12.1 Å². The van der Waals surface area contributed by atoms with Crippen molar-refractivity contribution >= 4 is 22.6 Å². The standard InChI is InChI=1S/C19H22N4O2/c1-12-16(13(2)22(4)21-12)9-20-19(25)11-23-10-17(14(3)24)15-7-5-6-8-18(15)23/h5-8,10H,9,11H2,1-4H3,(H,20,25). The fourth-order valence-electron chi connectivity index (χ4n) is 3.13. The Morgan fingerprint density at radius 3 is 2.56 bits per heavy atom. The summed E-state index contributed by atoms with van der Waals surface area (Å²) in [6.07, 6.45) is 1.76. The molecule has 0 radical (unpaired) electrons. The smallest absolute Gasteiger partial charge is 0.240 e. The molecule has 2 heterocycles. The Bertz CT molecular complexity index is 965. The van der Waals surface area contributed by atoms with E-state index < -0.39 is 0 Å². The number of nitrogens with zero attached hydrogens (tertiary/aromatic N) is 3. The molecule has 0 aliphatic carbocycles. The van der Waals surface area contributed by atoms with Crippen molar-refractivity contribution in [3.8, 4) is 0 Å². The van der Waals surface area contributed by atoms with Crippen LogP contribution in [0.15, 0.2) is 30.5 Å². The molecule has 6 nitrogen and oxygen atoms in total. The molecular formula is C19H22N4O2. The minimum Gasteiger partial charge on any atom is -0.350 e. The van der Waals surface area contributed by atoms with Gasteiger partial charge in [-0.1, -0.05) is 18.2 Å². The van der Waals surface area contributed by atoms with E-state index >= 15 is 0 Å². The van der Waals surface area contributed by atoms with Crippen molar-refractivity contribution in [3.05, 3.63) is 53.0 Å². The summed E-state index contributed by atoms with van der Waals surface area (Å²) in [5, 5.41) is 8.18. The predicted octanol–water partition coefficient (Wildman–Crippen LogP) is 2.51. The number of amides is 1. The third-order valence-electron chi connectivity index (χ3n) is 4.60. The summed E-state index contributed by atoms with van der Waals surface area (Å²) in [4.78, 5) is 24.2. The van der Waals surface area contributed by atoms with Crippen LogP contribution in [0.1, 0.15) is 34.2 Å². The maximum atomic E-state index is 12.4. The summed E-state index contributed by atoms with van der Waals surface area (Å²) in [7, 11) is 1.89. The number of aryl methyl sites for hydroxylation is 2. The van der Waals surface area contributed by atoms with Crippen LogP contribution in [0.2, 0.25) is 0 Å². The molecule has 130 valence electrons. The van der Waals surface area contributed by atoms with Gasteiger partial charge in [-0.25, -0.2) is 0 Å². The molecule has 0 saturated heterocycles. The van der Waals surface area contributed by atoms with Crippen LogP contribution in [-0.2, 0) is 24.9 Å². The van der Waals surface area contributed by atoms with E-state index in [-0.39, 0.29) is 18.2 Å². The van der Waals surface area contributed by atoms with E-state index in [4.69, 9.17) is 0 Å². The lowest BCUT2D eigenvalue weighted by molar-refractivity contribution is -0.121. The molecule has 0 aliphatic rings. The zero-order chi connectivity index (χ0) is 18.1. The normalized spacial score (nSPS) is 11.0. The van der Waals surface area contributed by atoms with Gasteiger partial charge in [0.15, 0.2) is 5.78 Å². The number of ketones is 1. The van der Waals surface area contributed by atoms with Crippen LogP contribution < -0.4 is 5.32 Å². The molecule has 25 heavy (non-hydrogen) atoms. The number of fused-ring (bicyclic) bond motifs is 1. The van der Waals surface area contributed by atoms with Gasteiger partial charge >= 0.3 is 0 Å². The first-order valence-electron chi connectivity index (χ1n) is 8.23. The zero-order valence-electron chi connectivity index (χ0n) is 15.0. The van der Waals surface area contributed by atoms with E-state index in [1.807, 2.05) is 54.4 Å². The van der Waals surface area contributed by atoms with Gasteiger partial charge in [-0.15, -0.1) is 0 Å². The average molecular weight is 338 g/mol. The molecule has 2 aromatic heterocycles. The number of aromatic nitrogens is 3. The number of Topliss-reactive ketones (excluding diaryl/α,β-unsaturated/α-hetero) is 1. The monoisotopic (exact) mass is 338 g/mol. The largest absolute Gasteiger partial charge is 0.350 e. The van der Waals surface area contributed by atoms with Gasteiger partial charge in [0.2, 0.25) is 5.91 Å². The zero-order valence-corrected chi connectivity index (χ0v) is 15.0. The molecular weight excluding hydrogens is 316 g/mol. The molecule has 1 N–H and O–H groups in total. The Morgan fingerprint density at radius 2 is 1.92 bits per heavy atom. The SMILES string of the molecule is CC(=O)c1cn(CC(=O)NCc2c(C)nn(C)c2C)c2ccccc12. The highest BCUT2D eigenvalue weighted by Gasteiger charge is 2.14. The number of carbonyl (C=O) groups excluding carboxylic acids is 2. The summed E-state index contributed by atoms with van der Waals surface area (Å²) < 4.78 is 3.64. The van der Waals surface area contributed by atoms with Gasteiger partial charge in [0.25, 0.3) is 0 Å². The van der Waals surface area contributed by atoms with E-state index in [9.17, 15) is 9.59 Å². The lowest BCUT2D eigenvalue weighted by atomic mass is 10.1. The molecule has 0 aliphatic heterocycles. The highest BCUT2D eigenvalue weighted by atomic mass is 16.2. The number of hydrogen-bond acceptors (Lipinski definition) is 3. The molecule has 6 heteroatoms. The van der Waals surface area contributed by atoms with Gasteiger partial charge in [0.1, 0.15) is 6.54 Å². The van der Waals surface area contributed by atoms with Crippen LogP contribution in [0.25, 0.3) is 10.9 Å². The van der Waals surface area contributed by atoms with Crippen molar-refractivity contribution in [1.82, 2.24) is 19.7 Å². The predicted molar refractivity (Wildman–Crippen MR) is 96.5 cm³/mol. The van der Waals surface area contributed by atoms with Crippen molar-refractivity contribution in [2.75, 3.05) is 0 Å². The molecule has 3 rings (SSSR count). The topological polar surface area (TPSA) is 68.9 Å². The molecule has 0 saturated carbocycles. The third kappa shape index (κ3) is 3.20. The first-order chi connectivity index (χ1) is 11.9. The second kappa shape index (κ2) is 6.55. The summed E-state index contributed by atoms with van der Waals surface area (Å²) in [5.74, 6) is -0.101. The summed E-state index contributed by atoms with van der Waals surface area (Å²) in [5.41, 5.74) is 4.53. The lowest BCUT2D eigenvalue weighted by Crippen LogP contribution is -2.27. The number of para-hydroxylation sites is 1. The van der Waals surface area contributed by atoms with E-state index in [1.165, 1.54) is 0 Å². The van der Waals surface area contributed by atoms with Gasteiger partial charge in [0.05, 0.1) is 5.69 Å². The second-order valence-electron chi connectivity index (χ2n) is 6.29. The van der Waals surface area contributed by atoms with Gasteiger partial charge in [-0.05, 0) is 26.8 Å². The average Bonchev–Trinajstić information content (AvgIpc) is 3.04. The maximum absolute atomic E-state index is 12.4. The van der Waals surface area contributed by atoms with Crippen LogP contribution >= 0.6 is 0 Å². The van der Waals surface area contributed by atoms with Crippen molar-refractivity contribution in [3.63, 3.8) is 0 Å². The van der Waals surface area contributed by atoms with Gasteiger partial charge < -0.3 is 9.88 Å². The second-order valence-corrected chi connectivity index (χ2v) is 6.29. The van der Waals surface area contributed by atoms with Crippen molar-refractivity contribution in [1.29, 1.82) is 0 Å². The van der Waals surface area contributed by atoms with Gasteiger partial charge in [-0.3, -0.25) is 14.3 Å². The summed E-state index contributed by atoms with van der Waals surface area (Å²) >= 11 is 0. The van der Waals surface area contributed by atoms with Crippen LogP contribution in [0, 0.1) is 13.8 Å². The number of benzene rings is 1. The first-order valence-corrected chi connectivity index (χ1v) is 8.23. The fourth-order valence-corrected chi connectivity index (χ4v) is 3.13. The van der Waals surface area contributed by atoms with E-state index in [2.05, 4.69) is 10.4 Å². The molecule has 1 aromatic carbocycles. The Balaban J connectivity index is 1.77. The van der Waals surface area contributed by atoms with Gasteiger partial charge in [0, 0.05) is 47.5 Å². The van der Waals surface area contributed by atoms with Crippen molar-refractivity contribution < 1.29 is 9.59 Å². The fraction of sp³-hybridized carbons (Fsp3) is 0.316. The minimum atomic E-state index is -0.0986. The Kier molecular flexibility index (Phi) is 4.44. The maximum Gasteiger partial charge on any atom is 0.240 e. The minimum absolute atomic E-state index is 0.00281. The van der Waals surface area contributed by atoms with Crippen molar-refractivity contribution in [2.45, 2.75) is 33.9 Å². The molecule has 0 fully saturated rings. The van der Waals surface area contributed by atoms with Crippen LogP contribution in [0.5, 0.6) is 0 Å². The quantitative estimate of drug-likeness (QED) is 0.727. The first kappa shape index (κ1) is 17.0. The molecule has 0 unspecified atom stereocenters. The molecule has 0 atom stereocenters. The third-order valence-corrected chi connectivity index (χ3v) is 4.60. The summed E-state index contributed by atoms with van der Waals surface area (Å²) in [6.45, 7) is 6.09. The highest BCUT2D eigenvalue weighted by Crippen LogP contribution is 2.21. The van der Waals surface area contributed by atoms with E-state index in [0.717, 1.165) is 27.9 Å². The highest BCUT2D eigenvalue weighted by molar-refractivity contribution is 6.07. The number of carbonyl (C=O) groups is 2. The number of nitrogens with one attached hydrogen (secondary N) is 1. The number of hydrogen-bond donors (Lipinski definition) is 1. The summed E-state index contributed by atoms with van der Waals surface area (Å²) in [6, 6.07) is 7.63. The molecule has 3 aromatic rings. The molecule has 0 bridgehead atoms. The lowest BCUT2D eigenvalue weighted by Gasteiger charge is -2.08.